The summed E-state index contributed by atoms with van der Waals surface area (Å²) in [6.07, 6.45) is 3.60. The van der Waals surface area contributed by atoms with Crippen molar-refractivity contribution in [1.29, 1.82) is 0 Å². The monoisotopic (exact) mass is 235 g/mol. The van der Waals surface area contributed by atoms with Crippen molar-refractivity contribution in [3.05, 3.63) is 35.1 Å². The van der Waals surface area contributed by atoms with E-state index >= 15 is 0 Å². The Morgan fingerprint density at radius 1 is 1.47 bits per heavy atom. The molecule has 1 aliphatic rings. The summed E-state index contributed by atoms with van der Waals surface area (Å²) < 4.78 is 12.9. The fraction of sp³-hybridized carbons (Fsp3) is 0.500. The van der Waals surface area contributed by atoms with Gasteiger partial charge in [-0.15, -0.1) is 0 Å². The first kappa shape index (κ1) is 12.1. The van der Waals surface area contributed by atoms with Crippen LogP contribution in [0.3, 0.4) is 0 Å². The van der Waals surface area contributed by atoms with Crippen LogP contribution < -0.4 is 5.32 Å². The third-order valence-electron chi connectivity index (χ3n) is 3.67. The van der Waals surface area contributed by atoms with Gasteiger partial charge in [-0.3, -0.25) is 4.79 Å². The Hall–Kier alpha value is -1.38. The van der Waals surface area contributed by atoms with E-state index in [1.807, 2.05) is 0 Å². The van der Waals surface area contributed by atoms with E-state index < -0.39 is 0 Å². The molecule has 0 atom stereocenters. The normalized spacial score (nSPS) is 17.4. The summed E-state index contributed by atoms with van der Waals surface area (Å²) >= 11 is 0. The molecule has 1 aromatic rings. The number of benzene rings is 1. The molecule has 1 amide bonds. The summed E-state index contributed by atoms with van der Waals surface area (Å²) in [5.74, 6) is -0.402. The van der Waals surface area contributed by atoms with Crippen molar-refractivity contribution in [2.45, 2.75) is 33.1 Å². The second-order valence-electron chi connectivity index (χ2n) is 5.31. The van der Waals surface area contributed by atoms with E-state index in [9.17, 15) is 9.18 Å². The van der Waals surface area contributed by atoms with Crippen LogP contribution in [-0.2, 0) is 0 Å². The molecule has 0 unspecified atom stereocenters. The van der Waals surface area contributed by atoms with Gasteiger partial charge in [0, 0.05) is 12.1 Å². The summed E-state index contributed by atoms with van der Waals surface area (Å²) in [7, 11) is 0. The van der Waals surface area contributed by atoms with Crippen molar-refractivity contribution in [3.8, 4) is 0 Å². The van der Waals surface area contributed by atoms with Gasteiger partial charge in [0.25, 0.3) is 5.91 Å². The molecule has 1 aromatic carbocycles. The Morgan fingerprint density at radius 2 is 2.18 bits per heavy atom. The Bertz CT molecular complexity index is 438. The molecule has 2 rings (SSSR count). The summed E-state index contributed by atoms with van der Waals surface area (Å²) in [6.45, 7) is 4.65. The Morgan fingerprint density at radius 3 is 2.71 bits per heavy atom. The molecule has 0 spiro atoms. The first-order valence-corrected chi connectivity index (χ1v) is 6.05. The predicted molar refractivity (Wildman–Crippen MR) is 65.4 cm³/mol. The summed E-state index contributed by atoms with van der Waals surface area (Å²) in [5, 5.41) is 2.94. The van der Waals surface area contributed by atoms with Gasteiger partial charge in [-0.25, -0.2) is 4.39 Å². The second kappa shape index (κ2) is 4.47. The van der Waals surface area contributed by atoms with Crippen molar-refractivity contribution in [3.63, 3.8) is 0 Å². The van der Waals surface area contributed by atoms with Crippen LogP contribution >= 0.6 is 0 Å². The van der Waals surface area contributed by atoms with Gasteiger partial charge in [0.15, 0.2) is 0 Å². The number of rotatable bonds is 3. The highest BCUT2D eigenvalue weighted by Gasteiger charge is 2.31. The van der Waals surface area contributed by atoms with E-state index in [-0.39, 0.29) is 17.1 Å². The van der Waals surface area contributed by atoms with Crippen molar-refractivity contribution in [2.75, 3.05) is 6.54 Å². The highest BCUT2D eigenvalue weighted by Crippen LogP contribution is 2.39. The van der Waals surface area contributed by atoms with Gasteiger partial charge < -0.3 is 5.32 Å². The number of carbonyl (C=O) groups is 1. The van der Waals surface area contributed by atoms with Crippen molar-refractivity contribution >= 4 is 5.91 Å². The molecule has 3 heteroatoms. The van der Waals surface area contributed by atoms with Crippen LogP contribution in [0.2, 0.25) is 0 Å². The van der Waals surface area contributed by atoms with Gasteiger partial charge in [-0.2, -0.15) is 0 Å². The number of halogens is 1. The molecule has 0 bridgehead atoms. The van der Waals surface area contributed by atoms with Crippen molar-refractivity contribution in [2.24, 2.45) is 5.41 Å². The zero-order chi connectivity index (χ0) is 12.5. The molecule has 0 radical (unpaired) electrons. The number of nitrogens with one attached hydrogen (secondary N) is 1. The summed E-state index contributed by atoms with van der Waals surface area (Å²) in [5.41, 5.74) is 1.51. The van der Waals surface area contributed by atoms with Gasteiger partial charge in [-0.1, -0.05) is 13.3 Å². The Kier molecular flexibility index (Phi) is 3.18. The molecule has 0 heterocycles. The number of hydrogen-bond donors (Lipinski definition) is 1. The SMILES string of the molecule is Cc1cc(F)ccc1C(=O)NCC1(C)CCC1. The minimum atomic E-state index is -0.301. The Labute approximate surface area is 101 Å². The highest BCUT2D eigenvalue weighted by atomic mass is 19.1. The van der Waals surface area contributed by atoms with E-state index in [1.54, 1.807) is 13.0 Å². The average Bonchev–Trinajstić information content (AvgIpc) is 2.23. The maximum Gasteiger partial charge on any atom is 0.251 e. The smallest absolute Gasteiger partial charge is 0.251 e. The topological polar surface area (TPSA) is 29.1 Å². The van der Waals surface area contributed by atoms with Gasteiger partial charge >= 0.3 is 0 Å². The predicted octanol–water partition coefficient (Wildman–Crippen LogP) is 3.05. The van der Waals surface area contributed by atoms with E-state index in [4.69, 9.17) is 0 Å². The zero-order valence-corrected chi connectivity index (χ0v) is 10.3. The van der Waals surface area contributed by atoms with Crippen LogP contribution in [0.15, 0.2) is 18.2 Å². The molecule has 0 saturated heterocycles. The number of aryl methyl sites for hydroxylation is 1. The third kappa shape index (κ3) is 2.65. The lowest BCUT2D eigenvalue weighted by molar-refractivity contribution is 0.0890. The van der Waals surface area contributed by atoms with Crippen LogP contribution in [0.4, 0.5) is 4.39 Å². The number of carbonyl (C=O) groups excluding carboxylic acids is 1. The first-order chi connectivity index (χ1) is 8.00. The molecule has 0 aromatic heterocycles. The molecule has 1 fully saturated rings. The molecular formula is C14H18FNO. The molecule has 1 N–H and O–H groups in total. The Balaban J connectivity index is 1.99. The van der Waals surface area contributed by atoms with Gasteiger partial charge in [0.2, 0.25) is 0 Å². The van der Waals surface area contributed by atoms with Crippen LogP contribution in [0.25, 0.3) is 0 Å². The minimum absolute atomic E-state index is 0.101. The first-order valence-electron chi connectivity index (χ1n) is 6.05. The fourth-order valence-corrected chi connectivity index (χ4v) is 2.23. The number of hydrogen-bond acceptors (Lipinski definition) is 1. The largest absolute Gasteiger partial charge is 0.351 e. The molecule has 1 aliphatic carbocycles. The quantitative estimate of drug-likeness (QED) is 0.857. The molecule has 92 valence electrons. The standard InChI is InChI=1S/C14H18FNO/c1-10-8-11(15)4-5-12(10)13(17)16-9-14(2)6-3-7-14/h4-5,8H,3,6-7,9H2,1-2H3,(H,16,17). The lowest BCUT2D eigenvalue weighted by Gasteiger charge is -2.38. The van der Waals surface area contributed by atoms with Crippen LogP contribution in [0.5, 0.6) is 0 Å². The molecule has 0 aliphatic heterocycles. The molecule has 2 nitrogen and oxygen atoms in total. The third-order valence-corrected chi connectivity index (χ3v) is 3.67. The van der Waals surface area contributed by atoms with E-state index in [2.05, 4.69) is 12.2 Å². The van der Waals surface area contributed by atoms with E-state index in [0.717, 1.165) is 0 Å². The summed E-state index contributed by atoms with van der Waals surface area (Å²) in [4.78, 5) is 11.9. The van der Waals surface area contributed by atoms with Gasteiger partial charge in [0.1, 0.15) is 5.82 Å². The van der Waals surface area contributed by atoms with E-state index in [0.29, 0.717) is 17.7 Å². The highest BCUT2D eigenvalue weighted by molar-refractivity contribution is 5.95. The van der Waals surface area contributed by atoms with Crippen LogP contribution in [0.1, 0.15) is 42.1 Å². The number of amides is 1. The molecular weight excluding hydrogens is 217 g/mol. The molecule has 17 heavy (non-hydrogen) atoms. The zero-order valence-electron chi connectivity index (χ0n) is 10.3. The lowest BCUT2D eigenvalue weighted by atomic mass is 9.70. The minimum Gasteiger partial charge on any atom is -0.351 e. The van der Waals surface area contributed by atoms with Crippen LogP contribution in [-0.4, -0.2) is 12.5 Å². The van der Waals surface area contributed by atoms with E-state index in [1.165, 1.54) is 31.4 Å². The maximum atomic E-state index is 12.9. The molecule has 1 saturated carbocycles. The van der Waals surface area contributed by atoms with Gasteiger partial charge in [0.05, 0.1) is 0 Å². The van der Waals surface area contributed by atoms with Crippen molar-refractivity contribution in [1.82, 2.24) is 5.32 Å². The second-order valence-corrected chi connectivity index (χ2v) is 5.31. The fourth-order valence-electron chi connectivity index (χ4n) is 2.23. The lowest BCUT2D eigenvalue weighted by Crippen LogP contribution is -2.40. The van der Waals surface area contributed by atoms with Crippen molar-refractivity contribution < 1.29 is 9.18 Å². The van der Waals surface area contributed by atoms with Crippen LogP contribution in [0, 0.1) is 18.2 Å². The van der Waals surface area contributed by atoms with Gasteiger partial charge in [-0.05, 0) is 48.9 Å². The summed E-state index contributed by atoms with van der Waals surface area (Å²) in [6, 6.07) is 4.26. The maximum absolute atomic E-state index is 12.9. The average molecular weight is 235 g/mol.